The molecule has 32 heavy (non-hydrogen) atoms. The first-order valence-corrected chi connectivity index (χ1v) is 11.4. The minimum atomic E-state index is -0.653. The molecule has 0 radical (unpaired) electrons. The molecule has 4 rings (SSSR count). The molecule has 0 saturated heterocycles. The Kier molecular flexibility index (Phi) is 6.47. The molecule has 164 valence electrons. The number of aliphatic imine (C=N–C) groups is 1. The fourth-order valence-corrected chi connectivity index (χ4v) is 4.47. The van der Waals surface area contributed by atoms with Gasteiger partial charge in [-0.2, -0.15) is 9.39 Å². The van der Waals surface area contributed by atoms with Crippen LogP contribution in [0, 0.1) is 5.41 Å². The molecule has 0 bridgehead atoms. The molecule has 1 N–H and O–H groups in total. The second kappa shape index (κ2) is 9.45. The normalized spacial score (nSPS) is 16.7. The molecule has 1 aromatic carbocycles. The molecule has 3 heterocycles. The number of amides is 1. The van der Waals surface area contributed by atoms with Crippen molar-refractivity contribution < 1.29 is 23.5 Å². The SMILES string of the molecule is CCOc1cc(/C=C2/C(=N)N3C(SCC)=NSC3=NC2=O)ccc1OC(=O)c1ccco1. The predicted octanol–water partition coefficient (Wildman–Crippen LogP) is 4.23. The van der Waals surface area contributed by atoms with Crippen molar-refractivity contribution in [3.8, 4) is 11.5 Å². The quantitative estimate of drug-likeness (QED) is 0.288. The van der Waals surface area contributed by atoms with Gasteiger partial charge in [0.05, 0.1) is 30.4 Å². The van der Waals surface area contributed by atoms with Gasteiger partial charge in [0.25, 0.3) is 5.91 Å². The average Bonchev–Trinajstić information content (AvgIpc) is 3.44. The lowest BCUT2D eigenvalue weighted by Gasteiger charge is -2.24. The lowest BCUT2D eigenvalue weighted by atomic mass is 10.1. The predicted molar refractivity (Wildman–Crippen MR) is 124 cm³/mol. The fourth-order valence-electron chi connectivity index (χ4n) is 2.90. The van der Waals surface area contributed by atoms with Crippen LogP contribution in [0.4, 0.5) is 0 Å². The van der Waals surface area contributed by atoms with Gasteiger partial charge in [0.15, 0.2) is 16.7 Å². The number of hydrogen-bond donors (Lipinski definition) is 1. The first kappa shape index (κ1) is 21.9. The third kappa shape index (κ3) is 4.34. The minimum Gasteiger partial charge on any atom is -0.490 e. The second-order valence-electron chi connectivity index (χ2n) is 6.35. The first-order valence-electron chi connectivity index (χ1n) is 9.66. The van der Waals surface area contributed by atoms with Crippen molar-refractivity contribution in [2.24, 2.45) is 9.39 Å². The number of furan rings is 1. The third-order valence-corrected chi connectivity index (χ3v) is 5.91. The number of hydrogen-bond acceptors (Lipinski definition) is 9. The van der Waals surface area contributed by atoms with Crippen LogP contribution in [0.2, 0.25) is 0 Å². The Balaban J connectivity index is 1.63. The van der Waals surface area contributed by atoms with Gasteiger partial charge in [-0.25, -0.2) is 9.69 Å². The van der Waals surface area contributed by atoms with E-state index in [9.17, 15) is 9.59 Å². The van der Waals surface area contributed by atoms with E-state index < -0.39 is 11.9 Å². The largest absolute Gasteiger partial charge is 0.490 e. The average molecular weight is 471 g/mol. The number of benzene rings is 1. The second-order valence-corrected chi connectivity index (χ2v) is 8.31. The van der Waals surface area contributed by atoms with Crippen molar-refractivity contribution in [2.45, 2.75) is 13.8 Å². The van der Waals surface area contributed by atoms with Crippen LogP contribution >= 0.6 is 23.7 Å². The Morgan fingerprint density at radius 2 is 2.16 bits per heavy atom. The van der Waals surface area contributed by atoms with Crippen molar-refractivity contribution in [1.29, 1.82) is 5.41 Å². The van der Waals surface area contributed by atoms with E-state index >= 15 is 0 Å². The molecular weight excluding hydrogens is 452 g/mol. The Bertz CT molecular complexity index is 1170. The Hall–Kier alpha value is -3.31. The number of nitrogens with zero attached hydrogens (tertiary/aromatic N) is 3. The number of rotatable bonds is 6. The van der Waals surface area contributed by atoms with Crippen LogP contribution in [0.5, 0.6) is 11.5 Å². The summed E-state index contributed by atoms with van der Waals surface area (Å²) in [6.45, 7) is 4.13. The summed E-state index contributed by atoms with van der Waals surface area (Å²) >= 11 is 2.56. The highest BCUT2D eigenvalue weighted by Gasteiger charge is 2.37. The maximum absolute atomic E-state index is 12.6. The van der Waals surface area contributed by atoms with Crippen molar-refractivity contribution in [1.82, 2.24) is 4.90 Å². The summed E-state index contributed by atoms with van der Waals surface area (Å²) < 4.78 is 20.4. The zero-order valence-corrected chi connectivity index (χ0v) is 18.8. The molecule has 0 spiro atoms. The topological polar surface area (TPSA) is 118 Å². The zero-order valence-electron chi connectivity index (χ0n) is 17.2. The van der Waals surface area contributed by atoms with Crippen molar-refractivity contribution >= 4 is 57.8 Å². The van der Waals surface area contributed by atoms with Gasteiger partial charge in [0, 0.05) is 0 Å². The van der Waals surface area contributed by atoms with Gasteiger partial charge < -0.3 is 13.9 Å². The van der Waals surface area contributed by atoms with Crippen LogP contribution in [-0.2, 0) is 4.79 Å². The van der Waals surface area contributed by atoms with Crippen molar-refractivity contribution in [2.75, 3.05) is 12.4 Å². The highest BCUT2D eigenvalue weighted by atomic mass is 32.2. The molecule has 0 atom stereocenters. The van der Waals surface area contributed by atoms with E-state index in [1.807, 2.05) is 6.92 Å². The maximum atomic E-state index is 12.6. The highest BCUT2D eigenvalue weighted by molar-refractivity contribution is 8.19. The summed E-state index contributed by atoms with van der Waals surface area (Å²) in [6.07, 6.45) is 2.94. The van der Waals surface area contributed by atoms with Gasteiger partial charge >= 0.3 is 5.97 Å². The maximum Gasteiger partial charge on any atom is 0.379 e. The number of carbonyl (C=O) groups is 2. The van der Waals surface area contributed by atoms with Gasteiger partial charge in [-0.15, -0.1) is 0 Å². The number of amidine groups is 3. The smallest absolute Gasteiger partial charge is 0.379 e. The lowest BCUT2D eigenvalue weighted by Crippen LogP contribution is -2.41. The van der Waals surface area contributed by atoms with Gasteiger partial charge in [0.2, 0.25) is 10.9 Å². The van der Waals surface area contributed by atoms with Crippen LogP contribution in [-0.4, -0.2) is 45.3 Å². The number of ether oxygens (including phenoxy) is 2. The summed E-state index contributed by atoms with van der Waals surface area (Å²) in [5.74, 6) is 0.222. The Morgan fingerprint density at radius 3 is 2.88 bits per heavy atom. The molecule has 11 heteroatoms. The fraction of sp³-hybridized carbons (Fsp3) is 0.190. The molecule has 2 aliphatic heterocycles. The lowest BCUT2D eigenvalue weighted by molar-refractivity contribution is -0.114. The van der Waals surface area contributed by atoms with Crippen molar-refractivity contribution in [3.05, 3.63) is 53.5 Å². The van der Waals surface area contributed by atoms with Crippen molar-refractivity contribution in [3.63, 3.8) is 0 Å². The van der Waals surface area contributed by atoms with Gasteiger partial charge in [-0.1, -0.05) is 24.8 Å². The van der Waals surface area contributed by atoms with E-state index in [0.29, 0.717) is 28.3 Å². The summed E-state index contributed by atoms with van der Waals surface area (Å²) in [4.78, 5) is 30.4. The summed E-state index contributed by atoms with van der Waals surface area (Å²) in [6, 6.07) is 7.95. The molecule has 0 aliphatic carbocycles. The molecule has 0 unspecified atom stereocenters. The van der Waals surface area contributed by atoms with E-state index in [-0.39, 0.29) is 22.9 Å². The molecule has 2 aliphatic rings. The van der Waals surface area contributed by atoms with Crippen LogP contribution in [0.25, 0.3) is 6.08 Å². The highest BCUT2D eigenvalue weighted by Crippen LogP contribution is 2.33. The molecule has 1 aromatic heterocycles. The van der Waals surface area contributed by atoms with Crippen LogP contribution in [0.15, 0.2) is 56.0 Å². The number of esters is 1. The minimum absolute atomic E-state index is 0.0102. The number of thioether (sulfide) groups is 1. The number of fused-ring (bicyclic) bond motifs is 1. The number of nitrogens with one attached hydrogen (secondary N) is 1. The summed E-state index contributed by atoms with van der Waals surface area (Å²) in [7, 11) is 0. The Morgan fingerprint density at radius 1 is 1.31 bits per heavy atom. The van der Waals surface area contributed by atoms with E-state index in [1.165, 1.54) is 24.1 Å². The summed E-state index contributed by atoms with van der Waals surface area (Å²) in [5.41, 5.74) is 0.718. The van der Waals surface area contributed by atoms with Gasteiger partial charge in [-0.3, -0.25) is 10.2 Å². The van der Waals surface area contributed by atoms with E-state index in [2.05, 4.69) is 9.39 Å². The monoisotopic (exact) mass is 470 g/mol. The standard InChI is InChI=1S/C21H18N4O5S2/c1-3-28-16-11-12(7-8-14(16)30-19(27)15-6-5-9-29-15)10-13-17(22)25-20(23-18(13)26)32-24-21(25)31-4-2/h5-11,22H,3-4H2,1-2H3/b13-10-,22-17?. The van der Waals surface area contributed by atoms with E-state index in [0.717, 1.165) is 17.7 Å². The number of carbonyl (C=O) groups excluding carboxylic acids is 2. The van der Waals surface area contributed by atoms with E-state index in [4.69, 9.17) is 19.3 Å². The summed E-state index contributed by atoms with van der Waals surface area (Å²) in [5, 5.41) is 9.55. The molecular formula is C21H18N4O5S2. The van der Waals surface area contributed by atoms with Crippen LogP contribution < -0.4 is 9.47 Å². The zero-order chi connectivity index (χ0) is 22.7. The molecule has 0 saturated carbocycles. The van der Waals surface area contributed by atoms with Crippen LogP contribution in [0.3, 0.4) is 0 Å². The molecule has 0 fully saturated rings. The van der Waals surface area contributed by atoms with Gasteiger partial charge in [-0.05, 0) is 48.6 Å². The van der Waals surface area contributed by atoms with Gasteiger partial charge in [0.1, 0.15) is 5.84 Å². The molecule has 9 nitrogen and oxygen atoms in total. The Labute approximate surface area is 192 Å². The molecule has 2 aromatic rings. The van der Waals surface area contributed by atoms with Crippen LogP contribution in [0.1, 0.15) is 30.0 Å². The third-order valence-electron chi connectivity index (χ3n) is 4.27. The van der Waals surface area contributed by atoms with E-state index in [1.54, 1.807) is 42.2 Å². The molecule has 1 amide bonds. The first-order chi connectivity index (χ1) is 15.5.